The van der Waals surface area contributed by atoms with Crippen LogP contribution in [0.1, 0.15) is 39.4 Å². The number of nitrogens with zero attached hydrogens (tertiary/aromatic N) is 2. The molecule has 1 unspecified atom stereocenters. The first kappa shape index (κ1) is 16.4. The summed E-state index contributed by atoms with van der Waals surface area (Å²) in [6.07, 6.45) is -0.407. The maximum atomic E-state index is 9.91. The van der Waals surface area contributed by atoms with Crippen molar-refractivity contribution in [3.63, 3.8) is 0 Å². The summed E-state index contributed by atoms with van der Waals surface area (Å²) in [7, 11) is 0. The van der Waals surface area contributed by atoms with Crippen molar-refractivity contribution >= 4 is 0 Å². The summed E-state index contributed by atoms with van der Waals surface area (Å²) in [5, 5.41) is 22.8. The van der Waals surface area contributed by atoms with Gasteiger partial charge in [0.15, 0.2) is 0 Å². The number of piperazine rings is 1. The average molecular weight is 294 g/mol. The molecule has 0 amide bonds. The van der Waals surface area contributed by atoms with E-state index >= 15 is 0 Å². The fourth-order valence-electron chi connectivity index (χ4n) is 3.18. The normalized spacial score (nSPS) is 23.9. The largest absolute Gasteiger partial charge is 0.393 e. The minimum absolute atomic E-state index is 0.0878. The molecule has 1 aromatic rings. The van der Waals surface area contributed by atoms with E-state index in [1.807, 2.05) is 63.1 Å². The van der Waals surface area contributed by atoms with E-state index in [1.54, 1.807) is 0 Å². The number of hydroxylamine groups is 4. The van der Waals surface area contributed by atoms with Gasteiger partial charge in [0.25, 0.3) is 0 Å². The van der Waals surface area contributed by atoms with Crippen molar-refractivity contribution in [3.8, 4) is 0 Å². The standard InChI is InChI=1S/C16H26N2O3/c1-15(2)11-17(20)12-16(3,4)18(15)21-14(10-19)13-8-6-5-7-9-13/h5-9,14,19-20H,10-12H2,1-4H3. The zero-order chi connectivity index (χ0) is 15.7. The van der Waals surface area contributed by atoms with Gasteiger partial charge < -0.3 is 10.3 Å². The van der Waals surface area contributed by atoms with Crippen LogP contribution in [0, 0.1) is 0 Å². The SMILES string of the molecule is CC1(C)CN(O)CC(C)(C)N1OC(CO)c1ccccc1. The molecule has 0 saturated carbocycles. The van der Waals surface area contributed by atoms with Gasteiger partial charge in [-0.2, -0.15) is 10.1 Å². The summed E-state index contributed by atoms with van der Waals surface area (Å²) in [5.74, 6) is 0. The van der Waals surface area contributed by atoms with Crippen molar-refractivity contribution in [2.45, 2.75) is 44.9 Å². The number of hydrogen-bond donors (Lipinski definition) is 2. The second-order valence-electron chi connectivity index (χ2n) is 6.93. The number of aliphatic hydroxyl groups excluding tert-OH is 1. The smallest absolute Gasteiger partial charge is 0.127 e. The third-order valence-electron chi connectivity index (χ3n) is 3.81. The lowest BCUT2D eigenvalue weighted by atomic mass is 9.92. The molecule has 5 heteroatoms. The van der Waals surface area contributed by atoms with E-state index in [0.717, 1.165) is 5.56 Å². The van der Waals surface area contributed by atoms with Gasteiger partial charge in [-0.25, -0.2) is 0 Å². The highest BCUT2D eigenvalue weighted by atomic mass is 16.7. The van der Waals surface area contributed by atoms with Crippen molar-refractivity contribution in [1.82, 2.24) is 10.1 Å². The summed E-state index contributed by atoms with van der Waals surface area (Å²) in [6, 6.07) is 9.70. The molecule has 0 aromatic heterocycles. The Morgan fingerprint density at radius 1 is 1.10 bits per heavy atom. The molecule has 1 aliphatic heterocycles. The van der Waals surface area contributed by atoms with Crippen LogP contribution in [0.15, 0.2) is 30.3 Å². The molecule has 0 aliphatic carbocycles. The highest BCUT2D eigenvalue weighted by Crippen LogP contribution is 2.34. The molecule has 118 valence electrons. The highest BCUT2D eigenvalue weighted by Gasteiger charge is 2.46. The molecular formula is C16H26N2O3. The van der Waals surface area contributed by atoms with Gasteiger partial charge in [-0.1, -0.05) is 30.3 Å². The van der Waals surface area contributed by atoms with E-state index in [2.05, 4.69) is 0 Å². The molecule has 1 heterocycles. The van der Waals surface area contributed by atoms with E-state index in [1.165, 1.54) is 5.06 Å². The fraction of sp³-hybridized carbons (Fsp3) is 0.625. The Kier molecular flexibility index (Phi) is 4.70. The minimum Gasteiger partial charge on any atom is -0.393 e. The van der Waals surface area contributed by atoms with Crippen LogP contribution in [-0.2, 0) is 4.84 Å². The Hall–Kier alpha value is -0.980. The third kappa shape index (κ3) is 3.62. The third-order valence-corrected chi connectivity index (χ3v) is 3.81. The Morgan fingerprint density at radius 3 is 2.10 bits per heavy atom. The molecular weight excluding hydrogens is 268 g/mol. The number of aliphatic hydroxyl groups is 1. The maximum Gasteiger partial charge on any atom is 0.127 e. The second-order valence-corrected chi connectivity index (χ2v) is 6.93. The zero-order valence-electron chi connectivity index (χ0n) is 13.3. The van der Waals surface area contributed by atoms with Crippen LogP contribution in [0.2, 0.25) is 0 Å². The molecule has 0 spiro atoms. The quantitative estimate of drug-likeness (QED) is 0.892. The van der Waals surface area contributed by atoms with Crippen LogP contribution in [0.5, 0.6) is 0 Å². The minimum atomic E-state index is -0.407. The number of rotatable bonds is 4. The van der Waals surface area contributed by atoms with Crippen LogP contribution >= 0.6 is 0 Å². The van der Waals surface area contributed by atoms with Gasteiger partial charge in [0, 0.05) is 13.1 Å². The molecule has 5 nitrogen and oxygen atoms in total. The van der Waals surface area contributed by atoms with Crippen LogP contribution in [0.25, 0.3) is 0 Å². The monoisotopic (exact) mass is 294 g/mol. The maximum absolute atomic E-state index is 9.91. The molecule has 21 heavy (non-hydrogen) atoms. The first-order valence-electron chi connectivity index (χ1n) is 7.33. The summed E-state index contributed by atoms with van der Waals surface area (Å²) in [5.41, 5.74) is 0.218. The van der Waals surface area contributed by atoms with Crippen LogP contribution in [-0.4, -0.2) is 51.2 Å². The second kappa shape index (κ2) is 6.02. The first-order chi connectivity index (χ1) is 9.76. The summed E-state index contributed by atoms with van der Waals surface area (Å²) >= 11 is 0. The van der Waals surface area contributed by atoms with Crippen molar-refractivity contribution < 1.29 is 15.2 Å². The summed E-state index contributed by atoms with van der Waals surface area (Å²) in [6.45, 7) is 8.99. The lowest BCUT2D eigenvalue weighted by Gasteiger charge is -2.54. The van der Waals surface area contributed by atoms with Crippen LogP contribution < -0.4 is 0 Å². The molecule has 0 bridgehead atoms. The van der Waals surface area contributed by atoms with Gasteiger partial charge in [0.05, 0.1) is 17.7 Å². The molecule has 1 fully saturated rings. The lowest BCUT2D eigenvalue weighted by molar-refractivity contribution is -0.341. The van der Waals surface area contributed by atoms with Crippen LogP contribution in [0.4, 0.5) is 0 Å². The first-order valence-corrected chi connectivity index (χ1v) is 7.33. The topological polar surface area (TPSA) is 56.2 Å². The zero-order valence-corrected chi connectivity index (χ0v) is 13.3. The molecule has 0 radical (unpaired) electrons. The predicted molar refractivity (Wildman–Crippen MR) is 80.7 cm³/mol. The van der Waals surface area contributed by atoms with Crippen LogP contribution in [0.3, 0.4) is 0 Å². The van der Waals surface area contributed by atoms with Gasteiger partial charge >= 0.3 is 0 Å². The average Bonchev–Trinajstić information content (AvgIpc) is 2.37. The van der Waals surface area contributed by atoms with Crippen molar-refractivity contribution in [1.29, 1.82) is 0 Å². The number of hydrogen-bond acceptors (Lipinski definition) is 5. The van der Waals surface area contributed by atoms with Crippen molar-refractivity contribution in [2.75, 3.05) is 19.7 Å². The van der Waals surface area contributed by atoms with Gasteiger partial charge in [-0.15, -0.1) is 0 Å². The molecule has 1 aliphatic rings. The molecule has 2 rings (SSSR count). The Labute approximate surface area is 126 Å². The van der Waals surface area contributed by atoms with E-state index in [-0.39, 0.29) is 17.7 Å². The Morgan fingerprint density at radius 2 is 1.62 bits per heavy atom. The lowest BCUT2D eigenvalue weighted by Crippen LogP contribution is -2.67. The molecule has 2 N–H and O–H groups in total. The Balaban J connectivity index is 2.22. The molecule has 1 atom stereocenters. The van der Waals surface area contributed by atoms with Gasteiger partial charge in [-0.05, 0) is 33.3 Å². The van der Waals surface area contributed by atoms with Gasteiger partial charge in [0.1, 0.15) is 6.10 Å². The predicted octanol–water partition coefficient (Wildman–Crippen LogP) is 2.22. The summed E-state index contributed by atoms with van der Waals surface area (Å²) < 4.78 is 0. The summed E-state index contributed by atoms with van der Waals surface area (Å²) in [4.78, 5) is 6.15. The van der Waals surface area contributed by atoms with E-state index < -0.39 is 6.10 Å². The van der Waals surface area contributed by atoms with E-state index in [0.29, 0.717) is 13.1 Å². The molecule has 1 saturated heterocycles. The van der Waals surface area contributed by atoms with Crippen molar-refractivity contribution in [2.24, 2.45) is 0 Å². The van der Waals surface area contributed by atoms with E-state index in [4.69, 9.17) is 4.84 Å². The van der Waals surface area contributed by atoms with Crippen molar-refractivity contribution in [3.05, 3.63) is 35.9 Å². The van der Waals surface area contributed by atoms with Gasteiger partial charge in [0.2, 0.25) is 0 Å². The Bertz CT molecular complexity index is 444. The number of benzene rings is 1. The molecule has 1 aromatic carbocycles. The highest BCUT2D eigenvalue weighted by molar-refractivity contribution is 5.17. The van der Waals surface area contributed by atoms with E-state index in [9.17, 15) is 10.3 Å². The van der Waals surface area contributed by atoms with Gasteiger partial charge in [-0.3, -0.25) is 4.84 Å². The fourth-order valence-corrected chi connectivity index (χ4v) is 3.18.